The zero-order valence-electron chi connectivity index (χ0n) is 17.2. The van der Waals surface area contributed by atoms with Crippen molar-refractivity contribution in [2.45, 2.75) is 58.2 Å². The van der Waals surface area contributed by atoms with Gasteiger partial charge in [0.1, 0.15) is 12.3 Å². The van der Waals surface area contributed by atoms with Crippen LogP contribution >= 0.6 is 0 Å². The van der Waals surface area contributed by atoms with E-state index in [0.717, 1.165) is 19.4 Å². The van der Waals surface area contributed by atoms with Crippen molar-refractivity contribution in [3.63, 3.8) is 0 Å². The van der Waals surface area contributed by atoms with Gasteiger partial charge in [0.2, 0.25) is 0 Å². The van der Waals surface area contributed by atoms with Gasteiger partial charge in [0.05, 0.1) is 18.2 Å². The minimum Gasteiger partial charge on any atom is -0.464 e. The summed E-state index contributed by atoms with van der Waals surface area (Å²) in [6, 6.07) is 9.13. The van der Waals surface area contributed by atoms with Gasteiger partial charge >= 0.3 is 5.97 Å². The number of hydrogen-bond acceptors (Lipinski definition) is 4. The third-order valence-corrected chi connectivity index (χ3v) is 7.16. The number of ether oxygens (including phenoxy) is 2. The highest BCUT2D eigenvalue weighted by Crippen LogP contribution is 2.59. The van der Waals surface area contributed by atoms with Crippen LogP contribution in [0.2, 0.25) is 0 Å². The first-order valence-electron chi connectivity index (χ1n) is 10.6. The summed E-state index contributed by atoms with van der Waals surface area (Å²) >= 11 is 0. The molecule has 2 aromatic rings. The van der Waals surface area contributed by atoms with Gasteiger partial charge in [-0.25, -0.2) is 4.79 Å². The van der Waals surface area contributed by atoms with Gasteiger partial charge in [-0.15, -0.1) is 0 Å². The number of benzene rings is 1. The molecule has 0 amide bonds. The lowest BCUT2D eigenvalue weighted by molar-refractivity contribution is -0.182. The van der Waals surface area contributed by atoms with Crippen molar-refractivity contribution in [1.29, 1.82) is 0 Å². The highest BCUT2D eigenvalue weighted by atomic mass is 16.6. The summed E-state index contributed by atoms with van der Waals surface area (Å²) in [5, 5.41) is 1.35. The van der Waals surface area contributed by atoms with Crippen molar-refractivity contribution in [2.75, 3.05) is 26.3 Å². The van der Waals surface area contributed by atoms with Crippen LogP contribution in [0.5, 0.6) is 0 Å². The molecule has 1 aromatic heterocycles. The Kier molecular flexibility index (Phi) is 4.11. The molecule has 0 N–H and O–H groups in total. The van der Waals surface area contributed by atoms with Crippen LogP contribution in [0.3, 0.4) is 0 Å². The average Bonchev–Trinajstić information content (AvgIpc) is 3.01. The summed E-state index contributed by atoms with van der Waals surface area (Å²) < 4.78 is 13.9. The fraction of sp³-hybridized carbons (Fsp3) is 0.609. The molecule has 0 bridgehead atoms. The van der Waals surface area contributed by atoms with Gasteiger partial charge in [-0.3, -0.25) is 4.90 Å². The molecule has 3 aliphatic heterocycles. The largest absolute Gasteiger partial charge is 0.464 e. The zero-order valence-corrected chi connectivity index (χ0v) is 17.2. The van der Waals surface area contributed by atoms with E-state index in [9.17, 15) is 4.79 Å². The van der Waals surface area contributed by atoms with Crippen molar-refractivity contribution in [1.82, 2.24) is 9.47 Å². The normalized spacial score (nSPS) is 31.6. The maximum atomic E-state index is 12.1. The smallest absolute Gasteiger partial charge is 0.332 e. The fourth-order valence-electron chi connectivity index (χ4n) is 6.32. The molecule has 1 fully saturated rings. The van der Waals surface area contributed by atoms with Crippen LogP contribution in [0.25, 0.3) is 10.9 Å². The standard InChI is InChI=1S/C23H30N2O3/c1-4-27-19(26)14-28-23(3)15-22(2)11-7-12-24-13-10-17-16-8-5-6-9-18(16)25(23)20(17)21(22)24/h5-6,8-9,21H,4,7,10-15H2,1-3H3. The molecular formula is C23H30N2O3. The van der Waals surface area contributed by atoms with E-state index in [0.29, 0.717) is 12.6 Å². The maximum Gasteiger partial charge on any atom is 0.332 e. The molecule has 3 aliphatic rings. The average molecular weight is 383 g/mol. The van der Waals surface area contributed by atoms with Gasteiger partial charge in [0, 0.05) is 24.0 Å². The molecule has 150 valence electrons. The van der Waals surface area contributed by atoms with Gasteiger partial charge in [0.15, 0.2) is 0 Å². The third kappa shape index (κ3) is 2.49. The lowest BCUT2D eigenvalue weighted by atomic mass is 9.65. The Morgan fingerprint density at radius 1 is 1.25 bits per heavy atom. The van der Waals surface area contributed by atoms with Gasteiger partial charge < -0.3 is 14.0 Å². The predicted octanol–water partition coefficient (Wildman–Crippen LogP) is 4.00. The molecule has 4 heterocycles. The third-order valence-electron chi connectivity index (χ3n) is 7.16. The zero-order chi connectivity index (χ0) is 19.5. The van der Waals surface area contributed by atoms with E-state index in [1.54, 1.807) is 0 Å². The number of carbonyl (C=O) groups is 1. The maximum absolute atomic E-state index is 12.1. The van der Waals surface area contributed by atoms with Crippen LogP contribution in [-0.2, 0) is 26.4 Å². The van der Waals surface area contributed by atoms with E-state index in [-0.39, 0.29) is 18.0 Å². The van der Waals surface area contributed by atoms with Gasteiger partial charge in [-0.1, -0.05) is 25.1 Å². The Bertz CT molecular complexity index is 935. The first-order valence-corrected chi connectivity index (χ1v) is 10.6. The Balaban J connectivity index is 1.69. The molecule has 0 radical (unpaired) electrons. The Hall–Kier alpha value is -1.85. The summed E-state index contributed by atoms with van der Waals surface area (Å²) in [6.07, 6.45) is 4.43. The Morgan fingerprint density at radius 3 is 2.89 bits per heavy atom. The molecule has 3 unspecified atom stereocenters. The van der Waals surface area contributed by atoms with E-state index in [1.165, 1.54) is 41.5 Å². The van der Waals surface area contributed by atoms with Crippen LogP contribution in [0.15, 0.2) is 24.3 Å². The van der Waals surface area contributed by atoms with E-state index in [4.69, 9.17) is 9.47 Å². The molecule has 0 aliphatic carbocycles. The van der Waals surface area contributed by atoms with Gasteiger partial charge in [0.25, 0.3) is 0 Å². The van der Waals surface area contributed by atoms with Crippen LogP contribution < -0.4 is 0 Å². The second kappa shape index (κ2) is 6.33. The van der Waals surface area contributed by atoms with Crippen LogP contribution in [0.1, 0.15) is 57.3 Å². The van der Waals surface area contributed by atoms with Crippen molar-refractivity contribution < 1.29 is 14.3 Å². The summed E-state index contributed by atoms with van der Waals surface area (Å²) in [5.74, 6) is -0.286. The van der Waals surface area contributed by atoms with Crippen LogP contribution in [0, 0.1) is 5.41 Å². The number of fused-ring (bicyclic) bond motifs is 3. The highest BCUT2D eigenvalue weighted by Gasteiger charge is 2.55. The molecule has 0 spiro atoms. The highest BCUT2D eigenvalue weighted by molar-refractivity contribution is 5.86. The monoisotopic (exact) mass is 382 g/mol. The Labute approximate surface area is 166 Å². The van der Waals surface area contributed by atoms with Gasteiger partial charge in [-0.2, -0.15) is 0 Å². The number of para-hydroxylation sites is 1. The minimum absolute atomic E-state index is 0.00389. The number of esters is 1. The molecule has 28 heavy (non-hydrogen) atoms. The number of hydrogen-bond donors (Lipinski definition) is 0. The first kappa shape index (κ1) is 18.2. The van der Waals surface area contributed by atoms with Crippen molar-refractivity contribution in [3.8, 4) is 0 Å². The molecule has 5 heteroatoms. The topological polar surface area (TPSA) is 43.7 Å². The summed E-state index contributed by atoms with van der Waals surface area (Å²) in [6.45, 7) is 9.12. The van der Waals surface area contributed by atoms with E-state index in [1.807, 2.05) is 6.92 Å². The summed E-state index contributed by atoms with van der Waals surface area (Å²) in [7, 11) is 0. The second-order valence-corrected chi connectivity index (χ2v) is 9.11. The van der Waals surface area contributed by atoms with Crippen LogP contribution in [-0.4, -0.2) is 41.7 Å². The minimum atomic E-state index is -0.550. The van der Waals surface area contributed by atoms with Crippen LogP contribution in [0.4, 0.5) is 0 Å². The number of carbonyl (C=O) groups excluding carboxylic acids is 1. The Morgan fingerprint density at radius 2 is 2.07 bits per heavy atom. The number of aromatic nitrogens is 1. The molecule has 1 aromatic carbocycles. The van der Waals surface area contributed by atoms with Gasteiger partial charge in [-0.05, 0) is 56.7 Å². The summed E-state index contributed by atoms with van der Waals surface area (Å²) in [5.41, 5.74) is 3.74. The molecule has 5 rings (SSSR count). The number of piperidine rings is 1. The van der Waals surface area contributed by atoms with E-state index in [2.05, 4.69) is 47.6 Å². The lowest BCUT2D eigenvalue weighted by Gasteiger charge is -2.57. The van der Waals surface area contributed by atoms with E-state index >= 15 is 0 Å². The molecule has 5 nitrogen and oxygen atoms in total. The van der Waals surface area contributed by atoms with Crippen molar-refractivity contribution in [2.24, 2.45) is 5.41 Å². The molecule has 1 saturated heterocycles. The lowest BCUT2D eigenvalue weighted by Crippen LogP contribution is -2.56. The van der Waals surface area contributed by atoms with E-state index < -0.39 is 5.72 Å². The quantitative estimate of drug-likeness (QED) is 0.750. The van der Waals surface area contributed by atoms with Crippen molar-refractivity contribution >= 4 is 16.9 Å². The molecule has 3 atom stereocenters. The van der Waals surface area contributed by atoms with Crippen molar-refractivity contribution in [3.05, 3.63) is 35.5 Å². The fourth-order valence-corrected chi connectivity index (χ4v) is 6.32. The first-order chi connectivity index (χ1) is 13.5. The number of rotatable bonds is 4. The molecule has 0 saturated carbocycles. The predicted molar refractivity (Wildman–Crippen MR) is 108 cm³/mol. The second-order valence-electron chi connectivity index (χ2n) is 9.11. The molecular weight excluding hydrogens is 352 g/mol. The summed E-state index contributed by atoms with van der Waals surface area (Å²) in [4.78, 5) is 14.8. The number of nitrogens with zero attached hydrogens (tertiary/aromatic N) is 2. The SMILES string of the molecule is CCOC(=O)COC1(C)CC2(C)CCCN3CCc4c(n1c1ccccc41)C32.